The molecule has 9 nitrogen and oxygen atoms in total. The van der Waals surface area contributed by atoms with Crippen molar-refractivity contribution < 1.29 is 9.53 Å². The van der Waals surface area contributed by atoms with Crippen LogP contribution >= 0.6 is 0 Å². The van der Waals surface area contributed by atoms with E-state index in [1.54, 1.807) is 19.3 Å². The highest BCUT2D eigenvalue weighted by atomic mass is 16.5. The average Bonchev–Trinajstić information content (AvgIpc) is 3.31. The predicted octanol–water partition coefficient (Wildman–Crippen LogP) is 2.45. The maximum Gasteiger partial charge on any atom is 0.327 e. The molecule has 1 aliphatic rings. The molecular weight excluding hydrogens is 370 g/mol. The van der Waals surface area contributed by atoms with Gasteiger partial charge in [0.25, 0.3) is 0 Å². The Morgan fingerprint density at radius 1 is 1.31 bits per heavy atom. The van der Waals surface area contributed by atoms with Crippen molar-refractivity contribution in [1.82, 2.24) is 24.3 Å². The van der Waals surface area contributed by atoms with Crippen molar-refractivity contribution in [3.8, 4) is 0 Å². The number of esters is 1. The summed E-state index contributed by atoms with van der Waals surface area (Å²) in [6.45, 7) is 3.15. The Morgan fingerprint density at radius 3 is 2.93 bits per heavy atom. The number of hydrogen-bond acceptors (Lipinski definition) is 7. The van der Waals surface area contributed by atoms with Crippen molar-refractivity contribution in [2.24, 2.45) is 11.7 Å². The van der Waals surface area contributed by atoms with Crippen molar-refractivity contribution in [3.63, 3.8) is 0 Å². The number of nitrogens with one attached hydrogen (secondary N) is 1. The minimum atomic E-state index is -0.318. The van der Waals surface area contributed by atoms with Crippen molar-refractivity contribution in [1.29, 1.82) is 0 Å². The van der Waals surface area contributed by atoms with Crippen LogP contribution in [0.15, 0.2) is 30.9 Å². The number of anilines is 2. The average molecular weight is 397 g/mol. The van der Waals surface area contributed by atoms with E-state index in [2.05, 4.69) is 26.2 Å². The summed E-state index contributed by atoms with van der Waals surface area (Å²) in [5, 5.41) is 8.35. The third-order valence-corrected chi connectivity index (χ3v) is 5.33. The largest absolute Gasteiger partial charge is 0.465 e. The molecule has 1 saturated carbocycles. The van der Waals surface area contributed by atoms with Crippen LogP contribution in [0.5, 0.6) is 0 Å². The number of hydrogen-bond donors (Lipinski definition) is 2. The summed E-state index contributed by atoms with van der Waals surface area (Å²) in [5.74, 6) is 0.818. The Bertz CT molecular complexity index is 972. The lowest BCUT2D eigenvalue weighted by Gasteiger charge is -2.26. The normalized spacial score (nSPS) is 19.4. The Morgan fingerprint density at radius 2 is 2.14 bits per heavy atom. The number of rotatable bonds is 7. The minimum Gasteiger partial charge on any atom is -0.465 e. The van der Waals surface area contributed by atoms with Crippen LogP contribution in [-0.4, -0.2) is 42.9 Å². The summed E-state index contributed by atoms with van der Waals surface area (Å²) in [5.41, 5.74) is 7.66. The van der Waals surface area contributed by atoms with Gasteiger partial charge in [-0.1, -0.05) is 0 Å². The Labute approximate surface area is 169 Å². The first-order valence-corrected chi connectivity index (χ1v) is 10.1. The molecule has 0 atom stereocenters. The highest BCUT2D eigenvalue weighted by Gasteiger charge is 2.19. The quantitative estimate of drug-likeness (QED) is 0.589. The molecule has 0 bridgehead atoms. The van der Waals surface area contributed by atoms with E-state index in [9.17, 15) is 4.79 Å². The van der Waals surface area contributed by atoms with Crippen LogP contribution in [0.1, 0.15) is 32.6 Å². The molecule has 4 rings (SSSR count). The van der Waals surface area contributed by atoms with Gasteiger partial charge in [0.05, 0.1) is 18.5 Å². The number of fused-ring (bicyclic) bond motifs is 1. The first-order chi connectivity index (χ1) is 14.1. The molecule has 1 aliphatic carbocycles. The van der Waals surface area contributed by atoms with Crippen molar-refractivity contribution >= 4 is 28.6 Å². The molecule has 0 saturated heterocycles. The van der Waals surface area contributed by atoms with E-state index in [1.807, 2.05) is 12.3 Å². The standard InChI is InChI=1S/C20H27N7O2/c1-2-29-18(28)13-27-12-17(10-23-27)24-20-22-9-15-7-8-26(19(15)25-20)11-14-3-5-16(21)6-4-14/h7-10,12,14,16H,2-6,11,13,21H2,1H3,(H,22,24,25)/t14-,16-. The van der Waals surface area contributed by atoms with E-state index in [4.69, 9.17) is 15.5 Å². The van der Waals surface area contributed by atoms with Crippen LogP contribution in [-0.2, 0) is 22.6 Å². The van der Waals surface area contributed by atoms with Gasteiger partial charge >= 0.3 is 5.97 Å². The monoisotopic (exact) mass is 397 g/mol. The molecule has 0 spiro atoms. The second-order valence-corrected chi connectivity index (χ2v) is 7.58. The van der Waals surface area contributed by atoms with E-state index in [0.717, 1.165) is 43.3 Å². The zero-order valence-corrected chi connectivity index (χ0v) is 16.6. The van der Waals surface area contributed by atoms with Crippen molar-refractivity contribution in [2.45, 2.75) is 51.7 Å². The molecule has 0 unspecified atom stereocenters. The number of nitrogens with zero attached hydrogens (tertiary/aromatic N) is 5. The maximum absolute atomic E-state index is 11.6. The van der Waals surface area contributed by atoms with E-state index in [0.29, 0.717) is 30.2 Å². The van der Waals surface area contributed by atoms with E-state index >= 15 is 0 Å². The van der Waals surface area contributed by atoms with Crippen LogP contribution in [0.3, 0.4) is 0 Å². The van der Waals surface area contributed by atoms with Gasteiger partial charge in [0, 0.05) is 36.6 Å². The zero-order valence-electron chi connectivity index (χ0n) is 16.6. The summed E-state index contributed by atoms with van der Waals surface area (Å²) in [7, 11) is 0. The second-order valence-electron chi connectivity index (χ2n) is 7.58. The smallest absolute Gasteiger partial charge is 0.327 e. The summed E-state index contributed by atoms with van der Waals surface area (Å²) >= 11 is 0. The SMILES string of the molecule is CCOC(=O)Cn1cc(Nc2ncc3ccn(C[C@H]4CC[C@H](N)CC4)c3n2)cn1. The van der Waals surface area contributed by atoms with E-state index < -0.39 is 0 Å². The Balaban J connectivity index is 1.45. The maximum atomic E-state index is 11.6. The fourth-order valence-electron chi connectivity index (χ4n) is 3.81. The third kappa shape index (κ3) is 4.73. The first-order valence-electron chi connectivity index (χ1n) is 10.1. The van der Waals surface area contributed by atoms with Crippen molar-refractivity contribution in [2.75, 3.05) is 11.9 Å². The molecule has 9 heteroatoms. The molecule has 0 radical (unpaired) electrons. The second kappa shape index (κ2) is 8.60. The van der Waals surface area contributed by atoms with Gasteiger partial charge in [-0.05, 0) is 44.6 Å². The molecule has 3 N–H and O–H groups in total. The van der Waals surface area contributed by atoms with Crippen LogP contribution in [0.4, 0.5) is 11.6 Å². The molecule has 0 aromatic carbocycles. The molecule has 1 fully saturated rings. The predicted molar refractivity (Wildman–Crippen MR) is 110 cm³/mol. The van der Waals surface area contributed by atoms with Gasteiger partial charge < -0.3 is 20.4 Å². The molecule has 154 valence electrons. The van der Waals surface area contributed by atoms with E-state index in [-0.39, 0.29) is 12.5 Å². The fourth-order valence-corrected chi connectivity index (χ4v) is 3.81. The molecule has 3 aromatic heterocycles. The minimum absolute atomic E-state index is 0.0727. The molecular formula is C20H27N7O2. The lowest BCUT2D eigenvalue weighted by molar-refractivity contribution is -0.144. The van der Waals surface area contributed by atoms with Crippen LogP contribution in [0.2, 0.25) is 0 Å². The van der Waals surface area contributed by atoms with Crippen LogP contribution < -0.4 is 11.1 Å². The van der Waals surface area contributed by atoms with Gasteiger partial charge in [0.15, 0.2) is 0 Å². The van der Waals surface area contributed by atoms with Gasteiger partial charge in [-0.2, -0.15) is 10.1 Å². The summed E-state index contributed by atoms with van der Waals surface area (Å²) in [6.07, 6.45) is 11.8. The van der Waals surface area contributed by atoms with Gasteiger partial charge in [0.1, 0.15) is 12.2 Å². The number of carbonyl (C=O) groups is 1. The summed E-state index contributed by atoms with van der Waals surface area (Å²) < 4.78 is 8.66. The molecule has 0 amide bonds. The highest BCUT2D eigenvalue weighted by molar-refractivity contribution is 5.76. The summed E-state index contributed by atoms with van der Waals surface area (Å²) in [6, 6.07) is 2.40. The molecule has 29 heavy (non-hydrogen) atoms. The molecule has 3 heterocycles. The number of carbonyl (C=O) groups excluding carboxylic acids is 1. The number of nitrogens with two attached hydrogens (primary N) is 1. The first kappa shape index (κ1) is 19.4. The topological polar surface area (TPSA) is 113 Å². The van der Waals surface area contributed by atoms with Crippen molar-refractivity contribution in [3.05, 3.63) is 30.9 Å². The Kier molecular flexibility index (Phi) is 5.75. The lowest BCUT2D eigenvalue weighted by Crippen LogP contribution is -2.28. The zero-order chi connectivity index (χ0) is 20.2. The van der Waals surface area contributed by atoms with Gasteiger partial charge in [-0.15, -0.1) is 0 Å². The summed E-state index contributed by atoms with van der Waals surface area (Å²) in [4.78, 5) is 20.7. The molecule has 3 aromatic rings. The van der Waals surface area contributed by atoms with Gasteiger partial charge in [0.2, 0.25) is 5.95 Å². The van der Waals surface area contributed by atoms with Gasteiger partial charge in [-0.3, -0.25) is 9.48 Å². The van der Waals surface area contributed by atoms with Crippen LogP contribution in [0.25, 0.3) is 11.0 Å². The van der Waals surface area contributed by atoms with Gasteiger partial charge in [-0.25, -0.2) is 4.98 Å². The van der Waals surface area contributed by atoms with E-state index in [1.165, 1.54) is 4.68 Å². The third-order valence-electron chi connectivity index (χ3n) is 5.33. The fraction of sp³-hybridized carbons (Fsp3) is 0.500. The number of aromatic nitrogens is 5. The number of ether oxygens (including phenoxy) is 1. The highest BCUT2D eigenvalue weighted by Crippen LogP contribution is 2.26. The van der Waals surface area contributed by atoms with Crippen LogP contribution in [0, 0.1) is 5.92 Å². The Hall–Kier alpha value is -2.94. The molecule has 0 aliphatic heterocycles. The lowest BCUT2D eigenvalue weighted by atomic mass is 9.86.